The van der Waals surface area contributed by atoms with Crippen LogP contribution in [0.4, 0.5) is 0 Å². The molecule has 0 aromatic carbocycles. The fourth-order valence-corrected chi connectivity index (χ4v) is 1.67. The van der Waals surface area contributed by atoms with Crippen molar-refractivity contribution in [2.24, 2.45) is 10.7 Å². The number of pyridine rings is 1. The van der Waals surface area contributed by atoms with Crippen LogP contribution >= 0.6 is 0 Å². The SMILES string of the molecule is CCCCCCCNC(N)=NCc1cccnc1. The molecule has 0 unspecified atom stereocenters. The minimum atomic E-state index is 0.523. The van der Waals surface area contributed by atoms with Gasteiger partial charge in [-0.1, -0.05) is 38.7 Å². The molecular weight excluding hydrogens is 224 g/mol. The van der Waals surface area contributed by atoms with E-state index in [1.54, 1.807) is 6.20 Å². The lowest BCUT2D eigenvalue weighted by molar-refractivity contribution is 0.623. The summed E-state index contributed by atoms with van der Waals surface area (Å²) in [5, 5.41) is 3.14. The second kappa shape index (κ2) is 9.45. The van der Waals surface area contributed by atoms with Crippen LogP contribution in [0.5, 0.6) is 0 Å². The Hall–Kier alpha value is -1.58. The third kappa shape index (κ3) is 6.89. The van der Waals surface area contributed by atoms with Crippen molar-refractivity contribution in [2.45, 2.75) is 45.6 Å². The number of hydrogen-bond donors (Lipinski definition) is 2. The maximum absolute atomic E-state index is 5.78. The standard InChI is InChI=1S/C14H24N4/c1-2-3-4-5-6-10-17-14(15)18-12-13-8-7-9-16-11-13/h7-9,11H,2-6,10,12H2,1H3,(H3,15,17,18). The first-order valence-corrected chi connectivity index (χ1v) is 6.75. The van der Waals surface area contributed by atoms with Gasteiger partial charge in [0.2, 0.25) is 0 Å². The molecule has 0 aliphatic carbocycles. The van der Waals surface area contributed by atoms with Crippen LogP contribution in [0.25, 0.3) is 0 Å². The molecule has 0 aliphatic heterocycles. The Bertz CT molecular complexity index is 335. The fraction of sp³-hybridized carbons (Fsp3) is 0.571. The molecule has 0 atom stereocenters. The minimum Gasteiger partial charge on any atom is -0.370 e. The number of hydrogen-bond acceptors (Lipinski definition) is 2. The number of aromatic nitrogens is 1. The Labute approximate surface area is 110 Å². The Morgan fingerprint density at radius 3 is 2.89 bits per heavy atom. The first-order chi connectivity index (χ1) is 8.83. The predicted octanol–water partition coefficient (Wildman–Crippen LogP) is 2.46. The van der Waals surface area contributed by atoms with Crippen molar-refractivity contribution in [1.82, 2.24) is 10.3 Å². The van der Waals surface area contributed by atoms with Gasteiger partial charge in [0.05, 0.1) is 6.54 Å². The number of nitrogens with zero attached hydrogens (tertiary/aromatic N) is 2. The lowest BCUT2D eigenvalue weighted by Gasteiger charge is -2.05. The van der Waals surface area contributed by atoms with Crippen LogP contribution in [0.2, 0.25) is 0 Å². The molecule has 4 nitrogen and oxygen atoms in total. The fourth-order valence-electron chi connectivity index (χ4n) is 1.67. The van der Waals surface area contributed by atoms with Gasteiger partial charge in [-0.2, -0.15) is 0 Å². The highest BCUT2D eigenvalue weighted by Crippen LogP contribution is 2.01. The molecule has 18 heavy (non-hydrogen) atoms. The summed E-state index contributed by atoms with van der Waals surface area (Å²) in [6, 6.07) is 3.90. The van der Waals surface area contributed by atoms with Crippen molar-refractivity contribution in [2.75, 3.05) is 6.54 Å². The number of unbranched alkanes of at least 4 members (excludes halogenated alkanes) is 4. The first-order valence-electron chi connectivity index (χ1n) is 6.75. The first kappa shape index (κ1) is 14.5. The molecule has 0 amide bonds. The Morgan fingerprint density at radius 1 is 1.33 bits per heavy atom. The van der Waals surface area contributed by atoms with E-state index in [-0.39, 0.29) is 0 Å². The summed E-state index contributed by atoms with van der Waals surface area (Å²) in [5.74, 6) is 0.523. The highest BCUT2D eigenvalue weighted by Gasteiger charge is 1.93. The molecule has 1 heterocycles. The second-order valence-electron chi connectivity index (χ2n) is 4.40. The normalized spacial score (nSPS) is 11.5. The van der Waals surface area contributed by atoms with E-state index in [0.717, 1.165) is 18.5 Å². The molecule has 0 radical (unpaired) electrons. The van der Waals surface area contributed by atoms with Crippen molar-refractivity contribution < 1.29 is 0 Å². The summed E-state index contributed by atoms with van der Waals surface area (Å²) in [6.45, 7) is 3.72. The van der Waals surface area contributed by atoms with Crippen molar-refractivity contribution in [3.8, 4) is 0 Å². The topological polar surface area (TPSA) is 63.3 Å². The molecular formula is C14H24N4. The molecule has 0 bridgehead atoms. The number of guanidine groups is 1. The van der Waals surface area contributed by atoms with Gasteiger partial charge in [0.1, 0.15) is 0 Å². The predicted molar refractivity (Wildman–Crippen MR) is 76.3 cm³/mol. The van der Waals surface area contributed by atoms with Gasteiger partial charge >= 0.3 is 0 Å². The molecule has 0 spiro atoms. The zero-order valence-electron chi connectivity index (χ0n) is 11.2. The van der Waals surface area contributed by atoms with Gasteiger partial charge in [0.25, 0.3) is 0 Å². The van der Waals surface area contributed by atoms with E-state index in [9.17, 15) is 0 Å². The average molecular weight is 248 g/mol. The molecule has 1 aromatic heterocycles. The summed E-state index contributed by atoms with van der Waals surface area (Å²) in [5.41, 5.74) is 6.86. The highest BCUT2D eigenvalue weighted by molar-refractivity contribution is 5.77. The molecule has 0 saturated carbocycles. The minimum absolute atomic E-state index is 0.523. The van der Waals surface area contributed by atoms with E-state index < -0.39 is 0 Å². The summed E-state index contributed by atoms with van der Waals surface area (Å²) in [4.78, 5) is 8.31. The Morgan fingerprint density at radius 2 is 2.17 bits per heavy atom. The number of rotatable bonds is 8. The summed E-state index contributed by atoms with van der Waals surface area (Å²) < 4.78 is 0. The van der Waals surface area contributed by atoms with Crippen molar-refractivity contribution in [3.63, 3.8) is 0 Å². The molecule has 100 valence electrons. The van der Waals surface area contributed by atoms with Gasteiger partial charge in [-0.15, -0.1) is 0 Å². The molecule has 0 fully saturated rings. The zero-order valence-corrected chi connectivity index (χ0v) is 11.2. The van der Waals surface area contributed by atoms with E-state index in [1.165, 1.54) is 25.7 Å². The van der Waals surface area contributed by atoms with Gasteiger partial charge < -0.3 is 11.1 Å². The monoisotopic (exact) mass is 248 g/mol. The van der Waals surface area contributed by atoms with Crippen LogP contribution in [-0.2, 0) is 6.54 Å². The molecule has 0 aliphatic rings. The molecule has 3 N–H and O–H groups in total. The van der Waals surface area contributed by atoms with Crippen molar-refractivity contribution in [1.29, 1.82) is 0 Å². The largest absolute Gasteiger partial charge is 0.370 e. The maximum Gasteiger partial charge on any atom is 0.188 e. The quantitative estimate of drug-likeness (QED) is 0.422. The average Bonchev–Trinajstić information content (AvgIpc) is 2.41. The van der Waals surface area contributed by atoms with E-state index >= 15 is 0 Å². The summed E-state index contributed by atoms with van der Waals surface area (Å²) >= 11 is 0. The van der Waals surface area contributed by atoms with Crippen LogP contribution in [0.1, 0.15) is 44.6 Å². The Kier molecular flexibility index (Phi) is 7.60. The van der Waals surface area contributed by atoms with E-state index in [2.05, 4.69) is 22.2 Å². The molecule has 1 aromatic rings. The molecule has 0 saturated heterocycles. The summed E-state index contributed by atoms with van der Waals surface area (Å²) in [6.07, 6.45) is 9.89. The maximum atomic E-state index is 5.78. The van der Waals surface area contributed by atoms with E-state index in [1.807, 2.05) is 18.3 Å². The number of nitrogens with one attached hydrogen (secondary N) is 1. The van der Waals surface area contributed by atoms with Crippen molar-refractivity contribution in [3.05, 3.63) is 30.1 Å². The number of aliphatic imine (C=N–C) groups is 1. The highest BCUT2D eigenvalue weighted by atomic mass is 15.1. The summed E-state index contributed by atoms with van der Waals surface area (Å²) in [7, 11) is 0. The van der Waals surface area contributed by atoms with Crippen LogP contribution in [0.15, 0.2) is 29.5 Å². The Balaban J connectivity index is 2.11. The van der Waals surface area contributed by atoms with Crippen LogP contribution in [0.3, 0.4) is 0 Å². The zero-order chi connectivity index (χ0) is 13.1. The molecule has 1 rings (SSSR count). The number of nitrogens with two attached hydrogens (primary N) is 1. The van der Waals surface area contributed by atoms with Gasteiger partial charge in [0, 0.05) is 18.9 Å². The van der Waals surface area contributed by atoms with Crippen LogP contribution in [0, 0.1) is 0 Å². The van der Waals surface area contributed by atoms with E-state index in [0.29, 0.717) is 12.5 Å². The van der Waals surface area contributed by atoms with Gasteiger partial charge in [-0.05, 0) is 18.1 Å². The molecule has 4 heteroatoms. The third-order valence-electron chi connectivity index (χ3n) is 2.74. The second-order valence-corrected chi connectivity index (χ2v) is 4.40. The lowest BCUT2D eigenvalue weighted by Crippen LogP contribution is -2.32. The smallest absolute Gasteiger partial charge is 0.188 e. The van der Waals surface area contributed by atoms with Crippen molar-refractivity contribution >= 4 is 5.96 Å². The third-order valence-corrected chi connectivity index (χ3v) is 2.74. The van der Waals surface area contributed by atoms with Crippen LogP contribution < -0.4 is 11.1 Å². The van der Waals surface area contributed by atoms with Crippen LogP contribution in [-0.4, -0.2) is 17.5 Å². The van der Waals surface area contributed by atoms with Gasteiger partial charge in [0.15, 0.2) is 5.96 Å². The lowest BCUT2D eigenvalue weighted by atomic mass is 10.1. The van der Waals surface area contributed by atoms with Gasteiger partial charge in [-0.25, -0.2) is 4.99 Å². The van der Waals surface area contributed by atoms with E-state index in [4.69, 9.17) is 5.73 Å². The van der Waals surface area contributed by atoms with Gasteiger partial charge in [-0.3, -0.25) is 4.98 Å².